The smallest absolute Gasteiger partial charge is 0.250 e. The molecule has 3 aromatic rings. The lowest BCUT2D eigenvalue weighted by atomic mass is 10.2. The third kappa shape index (κ3) is 3.78. The molecule has 138 valence electrons. The van der Waals surface area contributed by atoms with Gasteiger partial charge in [-0.3, -0.25) is 4.79 Å². The van der Waals surface area contributed by atoms with Crippen LogP contribution in [0.15, 0.2) is 48.5 Å². The number of rotatable bonds is 4. The van der Waals surface area contributed by atoms with E-state index in [9.17, 15) is 4.79 Å². The van der Waals surface area contributed by atoms with Gasteiger partial charge < -0.3 is 9.80 Å². The van der Waals surface area contributed by atoms with Gasteiger partial charge in [0.15, 0.2) is 0 Å². The molecule has 0 N–H and O–H groups in total. The number of benzene rings is 2. The molecular weight excluding hydrogens is 364 g/mol. The Morgan fingerprint density at radius 1 is 1.04 bits per heavy atom. The number of hydrogen-bond donors (Lipinski definition) is 0. The second-order valence-electron chi connectivity index (χ2n) is 6.59. The van der Waals surface area contributed by atoms with Crippen LogP contribution in [0.3, 0.4) is 0 Å². The lowest BCUT2D eigenvalue weighted by Crippen LogP contribution is -2.50. The zero-order valence-electron chi connectivity index (χ0n) is 14.9. The SMILES string of the molecule is Cc1ccc(-n2nnnc2N2CCN(Cc3ccc(Cl)cc3)C(=O)C2)cc1. The van der Waals surface area contributed by atoms with Gasteiger partial charge in [-0.25, -0.2) is 0 Å². The number of halogens is 1. The highest BCUT2D eigenvalue weighted by molar-refractivity contribution is 6.30. The van der Waals surface area contributed by atoms with E-state index in [1.54, 1.807) is 4.68 Å². The molecule has 8 heteroatoms. The first-order valence-electron chi connectivity index (χ1n) is 8.73. The first-order chi connectivity index (χ1) is 13.1. The standard InChI is InChI=1S/C19H19ClN6O/c1-14-2-8-17(9-3-14)26-19(21-22-23-26)25-11-10-24(18(27)13-25)12-15-4-6-16(20)7-5-15/h2-9H,10-13H2,1H3. The molecule has 0 saturated carbocycles. The highest BCUT2D eigenvalue weighted by Crippen LogP contribution is 2.19. The molecule has 4 rings (SSSR count). The fourth-order valence-electron chi connectivity index (χ4n) is 3.09. The number of amides is 1. The summed E-state index contributed by atoms with van der Waals surface area (Å²) < 4.78 is 1.67. The van der Waals surface area contributed by atoms with Gasteiger partial charge in [0.05, 0.1) is 5.69 Å². The summed E-state index contributed by atoms with van der Waals surface area (Å²) in [5, 5.41) is 12.7. The van der Waals surface area contributed by atoms with Crippen molar-refractivity contribution in [3.8, 4) is 5.69 Å². The van der Waals surface area contributed by atoms with E-state index in [0.29, 0.717) is 30.6 Å². The molecule has 7 nitrogen and oxygen atoms in total. The topological polar surface area (TPSA) is 67.2 Å². The molecule has 0 atom stereocenters. The largest absolute Gasteiger partial charge is 0.335 e. The normalized spacial score (nSPS) is 14.7. The van der Waals surface area contributed by atoms with Gasteiger partial charge in [0.1, 0.15) is 6.54 Å². The summed E-state index contributed by atoms with van der Waals surface area (Å²) in [5.41, 5.74) is 3.10. The van der Waals surface area contributed by atoms with Crippen LogP contribution in [-0.2, 0) is 11.3 Å². The monoisotopic (exact) mass is 382 g/mol. The van der Waals surface area contributed by atoms with E-state index in [0.717, 1.165) is 11.3 Å². The number of carbonyl (C=O) groups excluding carboxylic acids is 1. The molecule has 0 spiro atoms. The third-order valence-corrected chi connectivity index (χ3v) is 4.87. The molecule has 0 aliphatic carbocycles. The van der Waals surface area contributed by atoms with Crippen molar-refractivity contribution in [3.63, 3.8) is 0 Å². The average Bonchev–Trinajstić information content (AvgIpc) is 3.15. The number of carbonyl (C=O) groups is 1. The maximum absolute atomic E-state index is 12.6. The van der Waals surface area contributed by atoms with Crippen LogP contribution in [0.25, 0.3) is 5.69 Å². The van der Waals surface area contributed by atoms with Crippen molar-refractivity contribution in [1.82, 2.24) is 25.1 Å². The Morgan fingerprint density at radius 3 is 2.48 bits per heavy atom. The number of nitrogens with zero attached hydrogens (tertiary/aromatic N) is 6. The fourth-order valence-corrected chi connectivity index (χ4v) is 3.22. The molecule has 0 bridgehead atoms. The van der Waals surface area contributed by atoms with Gasteiger partial charge in [-0.1, -0.05) is 46.5 Å². The van der Waals surface area contributed by atoms with Gasteiger partial charge in [0.25, 0.3) is 5.95 Å². The predicted octanol–water partition coefficient (Wildman–Crippen LogP) is 2.47. The molecule has 0 unspecified atom stereocenters. The van der Waals surface area contributed by atoms with Crippen LogP contribution in [0.2, 0.25) is 5.02 Å². The Bertz CT molecular complexity index is 938. The molecule has 27 heavy (non-hydrogen) atoms. The van der Waals surface area contributed by atoms with E-state index in [4.69, 9.17) is 11.6 Å². The minimum Gasteiger partial charge on any atom is -0.335 e. The summed E-state index contributed by atoms with van der Waals surface area (Å²) in [6.07, 6.45) is 0. The van der Waals surface area contributed by atoms with Crippen LogP contribution in [0, 0.1) is 6.92 Å². The quantitative estimate of drug-likeness (QED) is 0.693. The summed E-state index contributed by atoms with van der Waals surface area (Å²) in [6, 6.07) is 15.5. The van der Waals surface area contributed by atoms with Gasteiger partial charge in [-0.15, -0.1) is 0 Å². The number of anilines is 1. The van der Waals surface area contributed by atoms with Gasteiger partial charge in [-0.2, -0.15) is 4.68 Å². The molecule has 1 amide bonds. The Balaban J connectivity index is 1.47. The van der Waals surface area contributed by atoms with Gasteiger partial charge in [0, 0.05) is 24.7 Å². The molecule has 0 radical (unpaired) electrons. The summed E-state index contributed by atoms with van der Waals surface area (Å²) in [5.74, 6) is 0.632. The van der Waals surface area contributed by atoms with Crippen molar-refractivity contribution in [1.29, 1.82) is 0 Å². The minimum atomic E-state index is 0.0506. The number of hydrogen-bond acceptors (Lipinski definition) is 5. The first kappa shape index (κ1) is 17.5. The van der Waals surface area contributed by atoms with E-state index in [1.165, 1.54) is 5.56 Å². The predicted molar refractivity (Wildman–Crippen MR) is 103 cm³/mol. The van der Waals surface area contributed by atoms with Crippen LogP contribution < -0.4 is 4.90 Å². The average molecular weight is 383 g/mol. The summed E-state index contributed by atoms with van der Waals surface area (Å²) in [7, 11) is 0. The zero-order chi connectivity index (χ0) is 18.8. The second kappa shape index (κ2) is 7.36. The summed E-state index contributed by atoms with van der Waals surface area (Å²) in [6.45, 7) is 4.14. The minimum absolute atomic E-state index is 0.0506. The summed E-state index contributed by atoms with van der Waals surface area (Å²) in [4.78, 5) is 16.4. The molecule has 2 heterocycles. The van der Waals surface area contributed by atoms with Crippen molar-refractivity contribution in [2.75, 3.05) is 24.5 Å². The van der Waals surface area contributed by atoms with Gasteiger partial charge >= 0.3 is 0 Å². The lowest BCUT2D eigenvalue weighted by molar-refractivity contribution is -0.131. The summed E-state index contributed by atoms with van der Waals surface area (Å²) >= 11 is 5.92. The first-order valence-corrected chi connectivity index (χ1v) is 9.10. The molecular formula is C19H19ClN6O. The van der Waals surface area contributed by atoms with E-state index in [1.807, 2.05) is 65.3 Å². The Hall–Kier alpha value is -2.93. The number of aryl methyl sites for hydroxylation is 1. The third-order valence-electron chi connectivity index (χ3n) is 4.62. The fraction of sp³-hybridized carbons (Fsp3) is 0.263. The van der Waals surface area contributed by atoms with Crippen molar-refractivity contribution < 1.29 is 4.79 Å². The number of tetrazole rings is 1. The maximum atomic E-state index is 12.6. The zero-order valence-corrected chi connectivity index (χ0v) is 15.7. The second-order valence-corrected chi connectivity index (χ2v) is 7.03. The van der Waals surface area contributed by atoms with Crippen molar-refractivity contribution in [3.05, 3.63) is 64.7 Å². The van der Waals surface area contributed by atoms with E-state index in [-0.39, 0.29) is 12.5 Å². The highest BCUT2D eigenvalue weighted by Gasteiger charge is 2.27. The number of piperazine rings is 1. The van der Waals surface area contributed by atoms with Crippen LogP contribution >= 0.6 is 11.6 Å². The van der Waals surface area contributed by atoms with E-state index < -0.39 is 0 Å². The molecule has 2 aromatic carbocycles. The number of aromatic nitrogens is 4. The van der Waals surface area contributed by atoms with Crippen molar-refractivity contribution in [2.45, 2.75) is 13.5 Å². The molecule has 1 aromatic heterocycles. The van der Waals surface area contributed by atoms with Crippen LogP contribution in [0.4, 0.5) is 5.95 Å². The van der Waals surface area contributed by atoms with Crippen molar-refractivity contribution >= 4 is 23.5 Å². The van der Waals surface area contributed by atoms with Crippen LogP contribution in [0.5, 0.6) is 0 Å². The van der Waals surface area contributed by atoms with Crippen molar-refractivity contribution in [2.24, 2.45) is 0 Å². The molecule has 1 aliphatic heterocycles. The Kier molecular flexibility index (Phi) is 4.77. The Morgan fingerprint density at radius 2 is 1.78 bits per heavy atom. The van der Waals surface area contributed by atoms with E-state index in [2.05, 4.69) is 15.5 Å². The van der Waals surface area contributed by atoms with Crippen LogP contribution in [0.1, 0.15) is 11.1 Å². The Labute approximate surface area is 162 Å². The lowest BCUT2D eigenvalue weighted by Gasteiger charge is -2.34. The van der Waals surface area contributed by atoms with Crippen LogP contribution in [-0.4, -0.2) is 50.6 Å². The molecule has 1 fully saturated rings. The molecule has 1 aliphatic rings. The van der Waals surface area contributed by atoms with Gasteiger partial charge in [0.2, 0.25) is 5.91 Å². The maximum Gasteiger partial charge on any atom is 0.250 e. The molecule has 1 saturated heterocycles. The van der Waals surface area contributed by atoms with E-state index >= 15 is 0 Å². The highest BCUT2D eigenvalue weighted by atomic mass is 35.5. The van der Waals surface area contributed by atoms with Gasteiger partial charge in [-0.05, 0) is 47.2 Å².